The van der Waals surface area contributed by atoms with Crippen LogP contribution in [0.4, 0.5) is 5.69 Å². The number of hydrogen-bond donors (Lipinski definition) is 2. The number of rotatable bonds is 8. The zero-order valence-electron chi connectivity index (χ0n) is 13.6. The second kappa shape index (κ2) is 9.37. The van der Waals surface area contributed by atoms with Crippen LogP contribution in [0.5, 0.6) is 0 Å². The highest BCUT2D eigenvalue weighted by molar-refractivity contribution is 6.70. The Morgan fingerprint density at radius 3 is 2.29 bits per heavy atom. The first kappa shape index (κ1) is 17.6. The van der Waals surface area contributed by atoms with Crippen LogP contribution in [0.25, 0.3) is 0 Å². The number of para-hydroxylation sites is 1. The molecule has 0 aliphatic carbocycles. The van der Waals surface area contributed by atoms with Gasteiger partial charge in [-0.1, -0.05) is 48.5 Å². The van der Waals surface area contributed by atoms with E-state index < -0.39 is 0 Å². The lowest BCUT2D eigenvalue weighted by molar-refractivity contribution is 0.106. The van der Waals surface area contributed by atoms with Gasteiger partial charge in [0.15, 0.2) is 5.71 Å². The van der Waals surface area contributed by atoms with Gasteiger partial charge in [-0.05, 0) is 25.5 Å². The van der Waals surface area contributed by atoms with E-state index >= 15 is 0 Å². The summed E-state index contributed by atoms with van der Waals surface area (Å²) < 4.78 is 0. The van der Waals surface area contributed by atoms with Crippen LogP contribution in [-0.4, -0.2) is 35.5 Å². The van der Waals surface area contributed by atoms with Gasteiger partial charge in [0.05, 0.1) is 11.4 Å². The van der Waals surface area contributed by atoms with Crippen LogP contribution in [0.1, 0.15) is 23.7 Å². The van der Waals surface area contributed by atoms with E-state index in [-0.39, 0.29) is 18.1 Å². The Morgan fingerprint density at radius 1 is 1.04 bits per heavy atom. The molecule has 2 rings (SSSR count). The SMILES string of the molecule is CC(=NCCCO)/C(=N/Nc1ccccc1)C(=O)c1ccccc1. The minimum Gasteiger partial charge on any atom is -0.396 e. The minimum absolute atomic E-state index is 0.0676. The van der Waals surface area contributed by atoms with Gasteiger partial charge in [0.25, 0.3) is 0 Å². The molecule has 0 heterocycles. The molecule has 0 saturated carbocycles. The van der Waals surface area contributed by atoms with E-state index in [2.05, 4.69) is 15.5 Å². The number of nitrogens with one attached hydrogen (secondary N) is 1. The number of aliphatic imine (C=N–C) groups is 1. The Bertz CT molecular complexity index is 710. The third kappa shape index (κ3) is 5.14. The van der Waals surface area contributed by atoms with E-state index in [4.69, 9.17) is 5.11 Å². The van der Waals surface area contributed by atoms with E-state index in [0.717, 1.165) is 5.69 Å². The molecular weight excluding hydrogens is 302 g/mol. The van der Waals surface area contributed by atoms with Crippen LogP contribution in [0.15, 0.2) is 70.8 Å². The van der Waals surface area contributed by atoms with Crippen molar-refractivity contribution >= 4 is 22.9 Å². The van der Waals surface area contributed by atoms with Crippen LogP contribution in [0.2, 0.25) is 0 Å². The molecule has 0 radical (unpaired) electrons. The molecule has 0 aromatic heterocycles. The zero-order chi connectivity index (χ0) is 17.2. The number of hydrazone groups is 1. The van der Waals surface area contributed by atoms with Crippen molar-refractivity contribution in [3.05, 3.63) is 66.2 Å². The summed E-state index contributed by atoms with van der Waals surface area (Å²) in [5, 5.41) is 13.2. The topological polar surface area (TPSA) is 74.1 Å². The summed E-state index contributed by atoms with van der Waals surface area (Å²) in [6, 6.07) is 18.4. The first-order chi connectivity index (χ1) is 11.7. The molecular formula is C19H21N3O2. The molecule has 2 N–H and O–H groups in total. The highest BCUT2D eigenvalue weighted by atomic mass is 16.3. The maximum Gasteiger partial charge on any atom is 0.215 e. The Balaban J connectivity index is 2.27. The fourth-order valence-corrected chi connectivity index (χ4v) is 2.05. The number of carbonyl (C=O) groups is 1. The molecule has 0 fully saturated rings. The number of hydrogen-bond acceptors (Lipinski definition) is 5. The summed E-state index contributed by atoms with van der Waals surface area (Å²) in [6.45, 7) is 2.27. The Morgan fingerprint density at radius 2 is 1.67 bits per heavy atom. The van der Waals surface area contributed by atoms with E-state index in [0.29, 0.717) is 24.2 Å². The van der Waals surface area contributed by atoms with Crippen LogP contribution >= 0.6 is 0 Å². The zero-order valence-corrected chi connectivity index (χ0v) is 13.6. The van der Waals surface area contributed by atoms with Gasteiger partial charge in [-0.2, -0.15) is 5.10 Å². The number of aliphatic hydroxyl groups is 1. The standard InChI is InChI=1S/C19H21N3O2/c1-15(20-13-8-14-23)18(19(24)16-9-4-2-5-10-16)22-21-17-11-6-3-7-12-17/h2-7,9-12,21,23H,8,13-14H2,1H3/b20-15?,22-18-. The average Bonchev–Trinajstić information content (AvgIpc) is 2.63. The maximum atomic E-state index is 12.7. The van der Waals surface area contributed by atoms with E-state index in [1.165, 1.54) is 0 Å². The van der Waals surface area contributed by atoms with Crippen molar-refractivity contribution in [2.45, 2.75) is 13.3 Å². The molecule has 0 bridgehead atoms. The molecule has 0 atom stereocenters. The summed E-state index contributed by atoms with van der Waals surface area (Å²) >= 11 is 0. The van der Waals surface area contributed by atoms with E-state index in [1.807, 2.05) is 48.5 Å². The molecule has 5 nitrogen and oxygen atoms in total. The lowest BCUT2D eigenvalue weighted by Gasteiger charge is -2.07. The molecule has 0 aliphatic rings. The molecule has 0 aliphatic heterocycles. The summed E-state index contributed by atoms with van der Waals surface area (Å²) in [5.74, 6) is -0.190. The predicted octanol–water partition coefficient (Wildman–Crippen LogP) is 3.18. The first-order valence-electron chi connectivity index (χ1n) is 7.83. The molecule has 2 aromatic rings. The highest BCUT2D eigenvalue weighted by Gasteiger charge is 2.17. The van der Waals surface area contributed by atoms with Crippen LogP contribution < -0.4 is 5.43 Å². The molecule has 0 unspecified atom stereocenters. The maximum absolute atomic E-state index is 12.7. The monoisotopic (exact) mass is 323 g/mol. The summed E-state index contributed by atoms with van der Waals surface area (Å²) in [7, 11) is 0. The quantitative estimate of drug-likeness (QED) is 0.339. The number of aliphatic hydroxyl groups excluding tert-OH is 1. The number of nitrogens with zero attached hydrogens (tertiary/aromatic N) is 2. The van der Waals surface area contributed by atoms with Crippen molar-refractivity contribution in [2.75, 3.05) is 18.6 Å². The molecule has 0 spiro atoms. The van der Waals surface area contributed by atoms with Gasteiger partial charge in [0.1, 0.15) is 0 Å². The first-order valence-corrected chi connectivity index (χ1v) is 7.83. The van der Waals surface area contributed by atoms with Crippen LogP contribution in [-0.2, 0) is 0 Å². The van der Waals surface area contributed by atoms with Gasteiger partial charge in [-0.15, -0.1) is 0 Å². The van der Waals surface area contributed by atoms with Crippen molar-refractivity contribution < 1.29 is 9.90 Å². The largest absolute Gasteiger partial charge is 0.396 e. The third-order valence-corrected chi connectivity index (χ3v) is 3.33. The minimum atomic E-state index is -0.190. The fraction of sp³-hybridized carbons (Fsp3) is 0.211. The van der Waals surface area contributed by atoms with E-state index in [1.54, 1.807) is 19.1 Å². The molecule has 124 valence electrons. The summed E-state index contributed by atoms with van der Waals surface area (Å²) in [6.07, 6.45) is 0.552. The van der Waals surface area contributed by atoms with Crippen molar-refractivity contribution in [3.8, 4) is 0 Å². The lowest BCUT2D eigenvalue weighted by atomic mass is 10.0. The Hall–Kier alpha value is -2.79. The van der Waals surface area contributed by atoms with Crippen molar-refractivity contribution in [1.82, 2.24) is 0 Å². The van der Waals surface area contributed by atoms with Crippen molar-refractivity contribution in [1.29, 1.82) is 0 Å². The molecule has 2 aromatic carbocycles. The highest BCUT2D eigenvalue weighted by Crippen LogP contribution is 2.07. The Labute approximate surface area is 141 Å². The molecule has 24 heavy (non-hydrogen) atoms. The van der Waals surface area contributed by atoms with Gasteiger partial charge in [-0.3, -0.25) is 15.2 Å². The number of ketones is 1. The van der Waals surface area contributed by atoms with Crippen molar-refractivity contribution in [3.63, 3.8) is 0 Å². The average molecular weight is 323 g/mol. The smallest absolute Gasteiger partial charge is 0.215 e. The van der Waals surface area contributed by atoms with E-state index in [9.17, 15) is 4.79 Å². The van der Waals surface area contributed by atoms with Crippen LogP contribution in [0.3, 0.4) is 0 Å². The van der Waals surface area contributed by atoms with Gasteiger partial charge in [0.2, 0.25) is 5.78 Å². The summed E-state index contributed by atoms with van der Waals surface area (Å²) in [4.78, 5) is 17.1. The predicted molar refractivity (Wildman–Crippen MR) is 98.0 cm³/mol. The number of anilines is 1. The van der Waals surface area contributed by atoms with Crippen LogP contribution in [0, 0.1) is 0 Å². The van der Waals surface area contributed by atoms with Gasteiger partial charge < -0.3 is 5.11 Å². The lowest BCUT2D eigenvalue weighted by Crippen LogP contribution is -2.24. The second-order valence-corrected chi connectivity index (χ2v) is 5.18. The summed E-state index contributed by atoms with van der Waals surface area (Å²) in [5.41, 5.74) is 5.06. The van der Waals surface area contributed by atoms with Gasteiger partial charge in [0, 0.05) is 18.7 Å². The number of benzene rings is 2. The second-order valence-electron chi connectivity index (χ2n) is 5.18. The molecule has 5 heteroatoms. The normalized spacial score (nSPS) is 12.1. The van der Waals surface area contributed by atoms with Crippen molar-refractivity contribution in [2.24, 2.45) is 10.1 Å². The number of carbonyl (C=O) groups excluding carboxylic acids is 1. The molecule has 0 amide bonds. The Kier molecular flexibility index (Phi) is 6.86. The van der Waals surface area contributed by atoms with Gasteiger partial charge in [-0.25, -0.2) is 0 Å². The fourth-order valence-electron chi connectivity index (χ4n) is 2.05. The molecule has 0 saturated heterocycles. The third-order valence-electron chi connectivity index (χ3n) is 3.33. The van der Waals surface area contributed by atoms with Gasteiger partial charge >= 0.3 is 0 Å². The number of Topliss-reactive ketones (excluding diaryl/α,β-unsaturated/α-hetero) is 1.